The van der Waals surface area contributed by atoms with Gasteiger partial charge >= 0.3 is 6.09 Å². The predicted octanol–water partition coefficient (Wildman–Crippen LogP) is 4.59. The fourth-order valence-corrected chi connectivity index (χ4v) is 3.79. The zero-order chi connectivity index (χ0) is 20.3. The first kappa shape index (κ1) is 20.5. The van der Waals surface area contributed by atoms with Crippen LogP contribution in [-0.2, 0) is 9.53 Å². The molecule has 0 aliphatic carbocycles. The van der Waals surface area contributed by atoms with E-state index in [0.717, 1.165) is 18.4 Å². The van der Waals surface area contributed by atoms with Crippen LogP contribution in [0.1, 0.15) is 40.0 Å². The fourth-order valence-electron chi connectivity index (χ4n) is 2.91. The maximum absolute atomic E-state index is 12.8. The van der Waals surface area contributed by atoms with Crippen LogP contribution in [-0.4, -0.2) is 45.3 Å². The molecule has 1 aromatic heterocycles. The average molecular weight is 423 g/mol. The minimum absolute atomic E-state index is 0.274. The Balaban J connectivity index is 1.69. The van der Waals surface area contributed by atoms with E-state index in [1.807, 2.05) is 32.9 Å². The Morgan fingerprint density at radius 2 is 1.93 bits per heavy atom. The molecule has 2 aromatic rings. The number of anilines is 1. The third-order valence-corrected chi connectivity index (χ3v) is 5.32. The molecule has 1 aliphatic rings. The van der Waals surface area contributed by atoms with Crippen LogP contribution in [0.2, 0.25) is 5.02 Å². The van der Waals surface area contributed by atoms with E-state index in [0.29, 0.717) is 28.1 Å². The Kier molecular flexibility index (Phi) is 6.20. The molecule has 1 saturated heterocycles. The van der Waals surface area contributed by atoms with E-state index in [9.17, 15) is 9.59 Å². The van der Waals surface area contributed by atoms with Crippen molar-refractivity contribution in [3.05, 3.63) is 29.3 Å². The molecule has 3 rings (SSSR count). The fraction of sp³-hybridized carbons (Fsp3) is 0.474. The maximum atomic E-state index is 12.8. The van der Waals surface area contributed by atoms with Crippen molar-refractivity contribution in [2.75, 3.05) is 11.9 Å². The third-order valence-electron chi connectivity index (χ3n) is 4.18. The molecule has 0 radical (unpaired) electrons. The van der Waals surface area contributed by atoms with Gasteiger partial charge in [0, 0.05) is 17.1 Å². The molecule has 0 unspecified atom stereocenters. The second-order valence-electron chi connectivity index (χ2n) is 7.59. The Bertz CT molecular complexity index is 848. The molecule has 1 aromatic carbocycles. The zero-order valence-electron chi connectivity index (χ0n) is 16.1. The summed E-state index contributed by atoms with van der Waals surface area (Å²) in [7, 11) is 0. The summed E-state index contributed by atoms with van der Waals surface area (Å²) in [5.41, 5.74) is 0.262. The van der Waals surface area contributed by atoms with Crippen LogP contribution >= 0.6 is 22.9 Å². The Morgan fingerprint density at radius 1 is 1.21 bits per heavy atom. The van der Waals surface area contributed by atoms with Gasteiger partial charge in [-0.2, -0.15) is 0 Å². The zero-order valence-corrected chi connectivity index (χ0v) is 17.6. The quantitative estimate of drug-likeness (QED) is 0.782. The van der Waals surface area contributed by atoms with Gasteiger partial charge in [0.2, 0.25) is 11.0 Å². The second kappa shape index (κ2) is 8.45. The molecular weight excluding hydrogens is 400 g/mol. The molecule has 2 amide bonds. The number of nitrogens with one attached hydrogen (secondary N) is 1. The van der Waals surface area contributed by atoms with Gasteiger partial charge in [0.1, 0.15) is 16.7 Å². The summed E-state index contributed by atoms with van der Waals surface area (Å²) in [5, 5.41) is 12.7. The largest absolute Gasteiger partial charge is 0.444 e. The summed E-state index contributed by atoms with van der Waals surface area (Å²) in [6.07, 6.45) is 1.85. The summed E-state index contributed by atoms with van der Waals surface area (Å²) >= 11 is 7.18. The number of ether oxygens (including phenoxy) is 1. The monoisotopic (exact) mass is 422 g/mol. The molecule has 28 heavy (non-hydrogen) atoms. The van der Waals surface area contributed by atoms with Crippen molar-refractivity contribution in [2.45, 2.75) is 51.7 Å². The normalized spacial score (nSPS) is 17.3. The van der Waals surface area contributed by atoms with Gasteiger partial charge in [0.05, 0.1) is 0 Å². The first-order chi connectivity index (χ1) is 13.2. The van der Waals surface area contributed by atoms with Crippen LogP contribution in [0.3, 0.4) is 0 Å². The SMILES string of the molecule is CC(C)(C)OC(=O)N1CCCC[C@H]1C(=O)Nc1nnc(-c2ccc(Cl)cc2)s1. The van der Waals surface area contributed by atoms with Gasteiger partial charge in [-0.15, -0.1) is 10.2 Å². The molecule has 0 bridgehead atoms. The molecule has 150 valence electrons. The van der Waals surface area contributed by atoms with Crippen LogP contribution in [0.5, 0.6) is 0 Å². The van der Waals surface area contributed by atoms with Crippen LogP contribution < -0.4 is 5.32 Å². The van der Waals surface area contributed by atoms with Crippen molar-refractivity contribution < 1.29 is 14.3 Å². The summed E-state index contributed by atoms with van der Waals surface area (Å²) in [6, 6.07) is 6.67. The maximum Gasteiger partial charge on any atom is 0.410 e. The highest BCUT2D eigenvalue weighted by Gasteiger charge is 2.35. The van der Waals surface area contributed by atoms with Crippen molar-refractivity contribution in [2.24, 2.45) is 0 Å². The molecule has 1 N–H and O–H groups in total. The number of benzene rings is 1. The third kappa shape index (κ3) is 5.20. The molecule has 2 heterocycles. The van der Waals surface area contributed by atoms with Crippen molar-refractivity contribution in [3.63, 3.8) is 0 Å². The molecule has 0 saturated carbocycles. The smallest absolute Gasteiger partial charge is 0.410 e. The number of aromatic nitrogens is 2. The topological polar surface area (TPSA) is 84.4 Å². The minimum atomic E-state index is -0.609. The number of hydrogen-bond donors (Lipinski definition) is 1. The van der Waals surface area contributed by atoms with E-state index in [2.05, 4.69) is 15.5 Å². The van der Waals surface area contributed by atoms with E-state index in [1.165, 1.54) is 16.2 Å². The number of piperidine rings is 1. The van der Waals surface area contributed by atoms with Crippen molar-refractivity contribution >= 4 is 40.1 Å². The number of hydrogen-bond acceptors (Lipinski definition) is 6. The summed E-state index contributed by atoms with van der Waals surface area (Å²) in [5.74, 6) is -0.274. The number of carbonyl (C=O) groups excluding carboxylic acids is 2. The van der Waals surface area contributed by atoms with Crippen molar-refractivity contribution in [1.82, 2.24) is 15.1 Å². The summed E-state index contributed by atoms with van der Waals surface area (Å²) < 4.78 is 5.45. The van der Waals surface area contributed by atoms with E-state index in [-0.39, 0.29) is 5.91 Å². The number of carbonyl (C=O) groups is 2. The summed E-state index contributed by atoms with van der Waals surface area (Å²) in [6.45, 7) is 5.93. The lowest BCUT2D eigenvalue weighted by Crippen LogP contribution is -2.51. The van der Waals surface area contributed by atoms with Crippen LogP contribution in [0.15, 0.2) is 24.3 Å². The van der Waals surface area contributed by atoms with Gasteiger partial charge in [-0.05, 0) is 52.2 Å². The average Bonchev–Trinajstić information content (AvgIpc) is 3.09. The van der Waals surface area contributed by atoms with E-state index in [4.69, 9.17) is 16.3 Å². The van der Waals surface area contributed by atoms with E-state index >= 15 is 0 Å². The van der Waals surface area contributed by atoms with Crippen LogP contribution in [0.4, 0.5) is 9.93 Å². The molecule has 1 aliphatic heterocycles. The van der Waals surface area contributed by atoms with Gasteiger partial charge in [-0.3, -0.25) is 15.0 Å². The minimum Gasteiger partial charge on any atom is -0.444 e. The van der Waals surface area contributed by atoms with Crippen LogP contribution in [0.25, 0.3) is 10.6 Å². The number of halogens is 1. The van der Waals surface area contributed by atoms with Gasteiger partial charge < -0.3 is 4.74 Å². The van der Waals surface area contributed by atoms with Gasteiger partial charge in [0.25, 0.3) is 0 Å². The number of rotatable bonds is 3. The van der Waals surface area contributed by atoms with E-state index in [1.54, 1.807) is 12.1 Å². The van der Waals surface area contributed by atoms with E-state index < -0.39 is 17.7 Å². The number of nitrogens with zero attached hydrogens (tertiary/aromatic N) is 3. The van der Waals surface area contributed by atoms with Crippen LogP contribution in [0, 0.1) is 0 Å². The molecule has 1 atom stereocenters. The molecule has 0 spiro atoms. The van der Waals surface area contributed by atoms with Gasteiger partial charge in [0.15, 0.2) is 0 Å². The Morgan fingerprint density at radius 3 is 2.61 bits per heavy atom. The first-order valence-corrected chi connectivity index (χ1v) is 10.3. The lowest BCUT2D eigenvalue weighted by Gasteiger charge is -2.35. The van der Waals surface area contributed by atoms with Crippen molar-refractivity contribution in [3.8, 4) is 10.6 Å². The Labute approximate surface area is 173 Å². The molecular formula is C19H23ClN4O3S. The number of amides is 2. The standard InChI is InChI=1S/C19H23ClN4O3S/c1-19(2,3)27-18(26)24-11-5-4-6-14(24)15(25)21-17-23-22-16(28-17)12-7-9-13(20)10-8-12/h7-10,14H,4-6,11H2,1-3H3,(H,21,23,25)/t14-/m0/s1. The van der Waals surface area contributed by atoms with Gasteiger partial charge in [-0.25, -0.2) is 4.79 Å². The summed E-state index contributed by atoms with van der Waals surface area (Å²) in [4.78, 5) is 26.8. The lowest BCUT2D eigenvalue weighted by molar-refractivity contribution is -0.122. The predicted molar refractivity (Wildman–Crippen MR) is 110 cm³/mol. The number of likely N-dealkylation sites (tertiary alicyclic amines) is 1. The second-order valence-corrected chi connectivity index (χ2v) is 9.01. The molecule has 7 nitrogen and oxygen atoms in total. The Hall–Kier alpha value is -2.19. The lowest BCUT2D eigenvalue weighted by atomic mass is 10.0. The highest BCUT2D eigenvalue weighted by Crippen LogP contribution is 2.28. The highest BCUT2D eigenvalue weighted by atomic mass is 35.5. The first-order valence-electron chi connectivity index (χ1n) is 9.13. The van der Waals surface area contributed by atoms with Crippen molar-refractivity contribution in [1.29, 1.82) is 0 Å². The molecule has 1 fully saturated rings. The highest BCUT2D eigenvalue weighted by molar-refractivity contribution is 7.18. The molecule has 9 heteroatoms. The van der Waals surface area contributed by atoms with Gasteiger partial charge in [-0.1, -0.05) is 35.1 Å².